The van der Waals surface area contributed by atoms with Crippen LogP contribution in [0, 0.1) is 0 Å². The number of benzene rings is 1. The Morgan fingerprint density at radius 3 is 2.55 bits per heavy atom. The van der Waals surface area contributed by atoms with Gasteiger partial charge in [0.25, 0.3) is 0 Å². The maximum Gasteiger partial charge on any atom is 0.410 e. The predicted molar refractivity (Wildman–Crippen MR) is 77.5 cm³/mol. The van der Waals surface area contributed by atoms with Crippen LogP contribution in [0.3, 0.4) is 0 Å². The van der Waals surface area contributed by atoms with E-state index in [1.807, 2.05) is 20.8 Å². The van der Waals surface area contributed by atoms with Crippen molar-refractivity contribution in [2.75, 3.05) is 13.1 Å². The molecular formula is C16H22N2O2. The van der Waals surface area contributed by atoms with Crippen molar-refractivity contribution in [2.24, 2.45) is 0 Å². The molecule has 1 aromatic carbocycles. The molecular weight excluding hydrogens is 252 g/mol. The van der Waals surface area contributed by atoms with Gasteiger partial charge in [0.2, 0.25) is 0 Å². The molecule has 2 aliphatic heterocycles. The van der Waals surface area contributed by atoms with Crippen molar-refractivity contribution < 1.29 is 9.53 Å². The lowest BCUT2D eigenvalue weighted by Gasteiger charge is -2.52. The van der Waals surface area contributed by atoms with Gasteiger partial charge in [-0.2, -0.15) is 0 Å². The third kappa shape index (κ3) is 2.52. The second kappa shape index (κ2) is 4.48. The Kier molecular flexibility index (Phi) is 3.01. The summed E-state index contributed by atoms with van der Waals surface area (Å²) in [7, 11) is 0. The van der Waals surface area contributed by atoms with Crippen molar-refractivity contribution in [1.82, 2.24) is 10.2 Å². The van der Waals surface area contributed by atoms with Crippen LogP contribution in [0.15, 0.2) is 24.3 Å². The summed E-state index contributed by atoms with van der Waals surface area (Å²) in [6.07, 6.45) is 0.784. The number of hydrogen-bond acceptors (Lipinski definition) is 3. The van der Waals surface area contributed by atoms with Gasteiger partial charge in [-0.1, -0.05) is 24.3 Å². The van der Waals surface area contributed by atoms with Crippen molar-refractivity contribution in [3.05, 3.63) is 35.4 Å². The molecule has 0 unspecified atom stereocenters. The molecule has 4 nitrogen and oxygen atoms in total. The van der Waals surface area contributed by atoms with Gasteiger partial charge in [0.1, 0.15) is 5.60 Å². The Morgan fingerprint density at radius 2 is 1.90 bits per heavy atom. The molecule has 1 spiro atoms. The van der Waals surface area contributed by atoms with Crippen molar-refractivity contribution in [3.63, 3.8) is 0 Å². The van der Waals surface area contributed by atoms with E-state index in [2.05, 4.69) is 29.6 Å². The topological polar surface area (TPSA) is 41.6 Å². The number of carbonyl (C=O) groups excluding carboxylic acids is 1. The highest BCUT2D eigenvalue weighted by Gasteiger charge is 2.47. The minimum atomic E-state index is -0.424. The quantitative estimate of drug-likeness (QED) is 0.789. The number of fused-ring (bicyclic) bond motifs is 1. The highest BCUT2D eigenvalue weighted by Crippen LogP contribution is 2.31. The molecule has 4 heteroatoms. The molecule has 1 saturated heterocycles. The van der Waals surface area contributed by atoms with Crippen LogP contribution in [0.5, 0.6) is 0 Å². The third-order valence-corrected chi connectivity index (χ3v) is 3.94. The molecule has 20 heavy (non-hydrogen) atoms. The van der Waals surface area contributed by atoms with Gasteiger partial charge < -0.3 is 15.0 Å². The zero-order valence-electron chi connectivity index (χ0n) is 12.4. The molecule has 1 amide bonds. The van der Waals surface area contributed by atoms with Gasteiger partial charge in [-0.25, -0.2) is 4.79 Å². The fraction of sp³-hybridized carbons (Fsp3) is 0.562. The number of amides is 1. The maximum absolute atomic E-state index is 12.0. The second-order valence-electron chi connectivity index (χ2n) is 6.92. The molecule has 2 aliphatic rings. The van der Waals surface area contributed by atoms with Crippen molar-refractivity contribution >= 4 is 6.09 Å². The summed E-state index contributed by atoms with van der Waals surface area (Å²) in [5.41, 5.74) is 2.39. The van der Waals surface area contributed by atoms with E-state index in [1.165, 1.54) is 11.1 Å². The first kappa shape index (κ1) is 13.4. The van der Waals surface area contributed by atoms with Crippen LogP contribution in [-0.2, 0) is 17.7 Å². The Bertz CT molecular complexity index is 528. The number of likely N-dealkylation sites (tertiary alicyclic amines) is 1. The maximum atomic E-state index is 12.0. The van der Waals surface area contributed by atoms with E-state index >= 15 is 0 Å². The number of hydrogen-bond donors (Lipinski definition) is 1. The van der Waals surface area contributed by atoms with Crippen molar-refractivity contribution in [2.45, 2.75) is 44.9 Å². The smallest absolute Gasteiger partial charge is 0.410 e. The number of carbonyl (C=O) groups is 1. The first-order chi connectivity index (χ1) is 9.37. The Labute approximate surface area is 120 Å². The number of nitrogens with one attached hydrogen (secondary N) is 1. The van der Waals surface area contributed by atoms with Crippen LogP contribution < -0.4 is 5.32 Å². The number of rotatable bonds is 0. The standard InChI is InChI=1S/C16H22N2O2/c1-15(2,3)20-14(19)18-10-16(11-18)8-12-6-4-5-7-13(12)9-17-16/h4-7,17H,8-11H2,1-3H3. The zero-order valence-corrected chi connectivity index (χ0v) is 12.4. The highest BCUT2D eigenvalue weighted by molar-refractivity contribution is 5.70. The lowest BCUT2D eigenvalue weighted by molar-refractivity contribution is -0.0185. The van der Waals surface area contributed by atoms with E-state index in [0.717, 1.165) is 26.1 Å². The third-order valence-electron chi connectivity index (χ3n) is 3.94. The molecule has 1 fully saturated rings. The first-order valence-electron chi connectivity index (χ1n) is 7.17. The van der Waals surface area contributed by atoms with Gasteiger partial charge in [0, 0.05) is 19.6 Å². The van der Waals surface area contributed by atoms with E-state index in [9.17, 15) is 4.79 Å². The molecule has 0 bridgehead atoms. The SMILES string of the molecule is CC(C)(C)OC(=O)N1CC2(Cc3ccccc3CN2)C1. The van der Waals surface area contributed by atoms with Gasteiger partial charge in [-0.05, 0) is 38.3 Å². The summed E-state index contributed by atoms with van der Waals surface area (Å²) >= 11 is 0. The van der Waals surface area contributed by atoms with Gasteiger partial charge >= 0.3 is 6.09 Å². The zero-order chi connectivity index (χ0) is 14.4. The van der Waals surface area contributed by atoms with Crippen LogP contribution >= 0.6 is 0 Å². The summed E-state index contributed by atoms with van der Waals surface area (Å²) in [5, 5.41) is 3.59. The van der Waals surface area contributed by atoms with Crippen LogP contribution in [0.25, 0.3) is 0 Å². The predicted octanol–water partition coefficient (Wildman–Crippen LogP) is 2.32. The highest BCUT2D eigenvalue weighted by atomic mass is 16.6. The fourth-order valence-corrected chi connectivity index (χ4v) is 2.98. The second-order valence-corrected chi connectivity index (χ2v) is 6.92. The van der Waals surface area contributed by atoms with Crippen molar-refractivity contribution in [1.29, 1.82) is 0 Å². The summed E-state index contributed by atoms with van der Waals surface area (Å²) in [4.78, 5) is 13.8. The lowest BCUT2D eigenvalue weighted by atomic mass is 9.79. The molecule has 108 valence electrons. The monoisotopic (exact) mass is 274 g/mol. The van der Waals surface area contributed by atoms with Crippen LogP contribution in [0.1, 0.15) is 31.9 Å². The molecule has 0 atom stereocenters. The van der Waals surface area contributed by atoms with Crippen LogP contribution in [0.2, 0.25) is 0 Å². The average molecular weight is 274 g/mol. The van der Waals surface area contributed by atoms with E-state index in [1.54, 1.807) is 4.90 Å². The van der Waals surface area contributed by atoms with Gasteiger partial charge in [0.05, 0.1) is 5.54 Å². The van der Waals surface area contributed by atoms with Crippen molar-refractivity contribution in [3.8, 4) is 0 Å². The molecule has 2 heterocycles. The van der Waals surface area contributed by atoms with Crippen LogP contribution in [-0.4, -0.2) is 35.2 Å². The summed E-state index contributed by atoms with van der Waals surface area (Å²) < 4.78 is 5.40. The van der Waals surface area contributed by atoms with E-state index in [0.29, 0.717) is 0 Å². The number of ether oxygens (including phenoxy) is 1. The molecule has 0 aromatic heterocycles. The molecule has 3 rings (SSSR count). The lowest BCUT2D eigenvalue weighted by Crippen LogP contribution is -2.72. The molecule has 1 aromatic rings. The molecule has 0 aliphatic carbocycles. The first-order valence-corrected chi connectivity index (χ1v) is 7.17. The van der Waals surface area contributed by atoms with Gasteiger partial charge in [-0.15, -0.1) is 0 Å². The van der Waals surface area contributed by atoms with E-state index < -0.39 is 5.60 Å². The molecule has 0 saturated carbocycles. The average Bonchev–Trinajstić information content (AvgIpc) is 2.33. The normalized spacial score (nSPS) is 20.2. The van der Waals surface area contributed by atoms with Gasteiger partial charge in [0.15, 0.2) is 0 Å². The van der Waals surface area contributed by atoms with Gasteiger partial charge in [-0.3, -0.25) is 0 Å². The Hall–Kier alpha value is -1.55. The summed E-state index contributed by atoms with van der Waals surface area (Å²) in [6, 6.07) is 8.52. The Morgan fingerprint density at radius 1 is 1.25 bits per heavy atom. The fourth-order valence-electron chi connectivity index (χ4n) is 2.98. The molecule has 1 N–H and O–H groups in total. The summed E-state index contributed by atoms with van der Waals surface area (Å²) in [6.45, 7) is 8.05. The minimum absolute atomic E-state index is 0.0469. The molecule has 0 radical (unpaired) electrons. The Balaban J connectivity index is 1.62. The van der Waals surface area contributed by atoms with E-state index in [4.69, 9.17) is 4.74 Å². The summed E-state index contributed by atoms with van der Waals surface area (Å²) in [5.74, 6) is 0. The van der Waals surface area contributed by atoms with Crippen LogP contribution in [0.4, 0.5) is 4.79 Å². The largest absolute Gasteiger partial charge is 0.444 e. The number of nitrogens with zero attached hydrogens (tertiary/aromatic N) is 1. The van der Waals surface area contributed by atoms with E-state index in [-0.39, 0.29) is 11.6 Å². The minimum Gasteiger partial charge on any atom is -0.444 e.